The molecule has 1 aliphatic carbocycles. The molecule has 1 fully saturated rings. The van der Waals surface area contributed by atoms with Gasteiger partial charge in [0.1, 0.15) is 5.82 Å². The van der Waals surface area contributed by atoms with Crippen molar-refractivity contribution in [1.29, 1.82) is 0 Å². The van der Waals surface area contributed by atoms with E-state index in [0.29, 0.717) is 15.1 Å². The summed E-state index contributed by atoms with van der Waals surface area (Å²) >= 11 is 4.34. The maximum atomic E-state index is 13.8. The quantitative estimate of drug-likeness (QED) is 0.821. The number of rotatable bonds is 4. The molecular weight excluding hydrogens is 359 g/mol. The van der Waals surface area contributed by atoms with Crippen LogP contribution in [0.4, 0.5) is 4.39 Å². The van der Waals surface area contributed by atoms with E-state index in [1.54, 1.807) is 6.07 Å². The van der Waals surface area contributed by atoms with Gasteiger partial charge in [-0.15, -0.1) is 0 Å². The van der Waals surface area contributed by atoms with Crippen LogP contribution in [0.3, 0.4) is 0 Å². The summed E-state index contributed by atoms with van der Waals surface area (Å²) in [6.45, 7) is 4.29. The van der Waals surface area contributed by atoms with Crippen LogP contribution < -0.4 is 0 Å². The molecule has 1 unspecified atom stereocenters. The lowest BCUT2D eigenvalue weighted by atomic mass is 10.2. The predicted molar refractivity (Wildman–Crippen MR) is 83.2 cm³/mol. The highest BCUT2D eigenvalue weighted by Crippen LogP contribution is 2.57. The summed E-state index contributed by atoms with van der Waals surface area (Å²) in [6, 6.07) is 3.34. The van der Waals surface area contributed by atoms with E-state index in [2.05, 4.69) is 34.8 Å². The third-order valence-electron chi connectivity index (χ3n) is 3.80. The third kappa shape index (κ3) is 2.68. The van der Waals surface area contributed by atoms with Crippen LogP contribution in [0.1, 0.15) is 26.3 Å². The van der Waals surface area contributed by atoms with Crippen LogP contribution in [0.2, 0.25) is 0 Å². The highest BCUT2D eigenvalue weighted by molar-refractivity contribution is 9.10. The van der Waals surface area contributed by atoms with Crippen LogP contribution >= 0.6 is 27.7 Å². The molecule has 0 bridgehead atoms. The molecule has 0 amide bonds. The standard InChI is InChI=1S/C14H14BrFN2O2S/c1-14(2)5-11(14)18-10-4-8(16)7(15)3-9(10)17-13(18)21-6-12(19)20/h3-4,11H,5-6H2,1-2H3,(H,19,20). The molecule has 7 heteroatoms. The topological polar surface area (TPSA) is 55.1 Å². The summed E-state index contributed by atoms with van der Waals surface area (Å²) in [5.74, 6) is -1.28. The summed E-state index contributed by atoms with van der Waals surface area (Å²) in [5.41, 5.74) is 1.54. The Kier molecular flexibility index (Phi) is 3.52. The van der Waals surface area contributed by atoms with Crippen molar-refractivity contribution in [3.8, 4) is 0 Å². The zero-order chi connectivity index (χ0) is 15.4. The summed E-state index contributed by atoms with van der Waals surface area (Å²) < 4.78 is 16.2. The molecule has 4 nitrogen and oxygen atoms in total. The molecule has 21 heavy (non-hydrogen) atoms. The number of aromatic nitrogens is 2. The lowest BCUT2D eigenvalue weighted by Crippen LogP contribution is -2.05. The summed E-state index contributed by atoms with van der Waals surface area (Å²) in [6.07, 6.45) is 0.983. The SMILES string of the molecule is CC1(C)CC1n1c(SCC(=O)O)nc2cc(Br)c(F)cc21. The lowest BCUT2D eigenvalue weighted by molar-refractivity contribution is -0.133. The molecule has 1 atom stereocenters. The Hall–Kier alpha value is -1.08. The molecule has 1 aliphatic rings. The molecule has 0 radical (unpaired) electrons. The van der Waals surface area contributed by atoms with Gasteiger partial charge in [-0.3, -0.25) is 4.79 Å². The van der Waals surface area contributed by atoms with Gasteiger partial charge in [0.25, 0.3) is 0 Å². The van der Waals surface area contributed by atoms with Gasteiger partial charge < -0.3 is 9.67 Å². The number of halogens is 2. The van der Waals surface area contributed by atoms with Crippen LogP contribution in [-0.4, -0.2) is 26.4 Å². The molecule has 3 rings (SSSR count). The molecule has 0 aliphatic heterocycles. The molecule has 1 heterocycles. The zero-order valence-corrected chi connectivity index (χ0v) is 14.0. The number of carboxylic acids is 1. The minimum absolute atomic E-state index is 0.0554. The first kappa shape index (κ1) is 14.8. The second kappa shape index (κ2) is 4.98. The van der Waals surface area contributed by atoms with Crippen LogP contribution in [0, 0.1) is 11.2 Å². The van der Waals surface area contributed by atoms with E-state index in [9.17, 15) is 9.18 Å². The maximum Gasteiger partial charge on any atom is 0.313 e. The molecule has 2 aromatic rings. The Labute approximate surface area is 133 Å². The van der Waals surface area contributed by atoms with Crippen molar-refractivity contribution in [1.82, 2.24) is 9.55 Å². The number of carbonyl (C=O) groups is 1. The number of fused-ring (bicyclic) bond motifs is 1. The molecule has 0 saturated heterocycles. The van der Waals surface area contributed by atoms with Crippen molar-refractivity contribution in [2.75, 3.05) is 5.75 Å². The smallest absolute Gasteiger partial charge is 0.313 e. The van der Waals surface area contributed by atoms with E-state index in [-0.39, 0.29) is 23.0 Å². The molecule has 0 spiro atoms. The fourth-order valence-corrected chi connectivity index (χ4v) is 3.59. The van der Waals surface area contributed by atoms with Crippen molar-refractivity contribution in [3.05, 3.63) is 22.4 Å². The van der Waals surface area contributed by atoms with Crippen LogP contribution in [0.25, 0.3) is 11.0 Å². The van der Waals surface area contributed by atoms with E-state index < -0.39 is 5.97 Å². The number of carboxylic acid groups (broad SMARTS) is 1. The average molecular weight is 373 g/mol. The van der Waals surface area contributed by atoms with Gasteiger partial charge in [0.15, 0.2) is 5.16 Å². The number of benzene rings is 1. The first-order valence-electron chi connectivity index (χ1n) is 6.51. The molecule has 112 valence electrons. The summed E-state index contributed by atoms with van der Waals surface area (Å²) in [5, 5.41) is 9.50. The number of thioether (sulfide) groups is 1. The molecule has 1 aromatic heterocycles. The first-order valence-corrected chi connectivity index (χ1v) is 8.29. The average Bonchev–Trinajstić information content (AvgIpc) is 2.86. The molecule has 1 N–H and O–H groups in total. The summed E-state index contributed by atoms with van der Waals surface area (Å²) in [4.78, 5) is 15.3. The van der Waals surface area contributed by atoms with Crippen LogP contribution in [0.15, 0.2) is 21.8 Å². The van der Waals surface area contributed by atoms with Crippen molar-refractivity contribution >= 4 is 44.7 Å². The second-order valence-electron chi connectivity index (χ2n) is 5.91. The molecular formula is C14H14BrFN2O2S. The van der Waals surface area contributed by atoms with E-state index >= 15 is 0 Å². The first-order chi connectivity index (χ1) is 9.79. The Morgan fingerprint density at radius 3 is 2.86 bits per heavy atom. The minimum atomic E-state index is -0.888. The Morgan fingerprint density at radius 2 is 2.29 bits per heavy atom. The number of aliphatic carboxylic acids is 1. The number of hydrogen-bond donors (Lipinski definition) is 1. The Bertz CT molecular complexity index is 744. The molecule has 1 saturated carbocycles. The van der Waals surface area contributed by atoms with Gasteiger partial charge in [-0.05, 0) is 33.8 Å². The number of imidazole rings is 1. The highest BCUT2D eigenvalue weighted by Gasteiger charge is 2.48. The fraction of sp³-hybridized carbons (Fsp3) is 0.429. The second-order valence-corrected chi connectivity index (χ2v) is 7.71. The van der Waals surface area contributed by atoms with Gasteiger partial charge in [-0.1, -0.05) is 25.6 Å². The normalized spacial score (nSPS) is 19.9. The zero-order valence-electron chi connectivity index (χ0n) is 11.6. The van der Waals surface area contributed by atoms with Crippen molar-refractivity contribution in [2.45, 2.75) is 31.5 Å². The van der Waals surface area contributed by atoms with E-state index in [0.717, 1.165) is 11.9 Å². The van der Waals surface area contributed by atoms with Gasteiger partial charge >= 0.3 is 5.97 Å². The largest absolute Gasteiger partial charge is 0.481 e. The minimum Gasteiger partial charge on any atom is -0.481 e. The van der Waals surface area contributed by atoms with Gasteiger partial charge in [0.2, 0.25) is 0 Å². The van der Waals surface area contributed by atoms with Gasteiger partial charge in [0, 0.05) is 12.1 Å². The van der Waals surface area contributed by atoms with Crippen molar-refractivity contribution < 1.29 is 14.3 Å². The van der Waals surface area contributed by atoms with Crippen LogP contribution in [-0.2, 0) is 4.79 Å². The summed E-state index contributed by atoms with van der Waals surface area (Å²) in [7, 11) is 0. The monoisotopic (exact) mass is 372 g/mol. The van der Waals surface area contributed by atoms with Crippen LogP contribution in [0.5, 0.6) is 0 Å². The van der Waals surface area contributed by atoms with E-state index in [1.807, 2.05) is 4.57 Å². The van der Waals surface area contributed by atoms with E-state index in [1.165, 1.54) is 17.8 Å². The fourth-order valence-electron chi connectivity index (χ4n) is 2.48. The van der Waals surface area contributed by atoms with Gasteiger partial charge in [-0.25, -0.2) is 9.37 Å². The Balaban J connectivity index is 2.12. The van der Waals surface area contributed by atoms with Crippen molar-refractivity contribution in [3.63, 3.8) is 0 Å². The highest BCUT2D eigenvalue weighted by atomic mass is 79.9. The van der Waals surface area contributed by atoms with E-state index in [4.69, 9.17) is 5.11 Å². The lowest BCUT2D eigenvalue weighted by Gasteiger charge is -2.10. The van der Waals surface area contributed by atoms with Crippen molar-refractivity contribution in [2.24, 2.45) is 5.41 Å². The number of nitrogens with zero attached hydrogens (tertiary/aromatic N) is 2. The molecule has 1 aromatic carbocycles. The predicted octanol–water partition coefficient (Wildman–Crippen LogP) is 4.09. The Morgan fingerprint density at radius 1 is 1.62 bits per heavy atom. The maximum absolute atomic E-state index is 13.8. The van der Waals surface area contributed by atoms with Gasteiger partial charge in [-0.2, -0.15) is 0 Å². The van der Waals surface area contributed by atoms with Gasteiger partial charge in [0.05, 0.1) is 21.3 Å². The third-order valence-corrected chi connectivity index (χ3v) is 5.34. The number of hydrogen-bond acceptors (Lipinski definition) is 3.